The summed E-state index contributed by atoms with van der Waals surface area (Å²) < 4.78 is 0. The number of nitrogens with one attached hydrogen (secondary N) is 2. The second kappa shape index (κ2) is 7.62. The van der Waals surface area contributed by atoms with Gasteiger partial charge in [-0.15, -0.1) is 0 Å². The number of hydrogen-bond donors (Lipinski definition) is 2. The maximum Gasteiger partial charge on any atom is 0.232 e. The number of amides is 2. The maximum absolute atomic E-state index is 12.2. The van der Waals surface area contributed by atoms with Gasteiger partial charge in [-0.2, -0.15) is 11.3 Å². The Morgan fingerprint density at radius 1 is 1.29 bits per heavy atom. The Kier molecular flexibility index (Phi) is 5.30. The molecule has 3 rings (SSSR count). The van der Waals surface area contributed by atoms with Gasteiger partial charge < -0.3 is 10.6 Å². The summed E-state index contributed by atoms with van der Waals surface area (Å²) in [5.74, 6) is -0.0865. The molecule has 1 aliphatic heterocycles. The number of benzene rings is 1. The van der Waals surface area contributed by atoms with E-state index < -0.39 is 0 Å². The van der Waals surface area contributed by atoms with Gasteiger partial charge in [-0.1, -0.05) is 19.1 Å². The van der Waals surface area contributed by atoms with E-state index in [-0.39, 0.29) is 17.7 Å². The van der Waals surface area contributed by atoms with E-state index in [4.69, 9.17) is 0 Å². The molecule has 2 N–H and O–H groups in total. The standard InChI is InChI=1S/C19H22N2O2S/c1-2-13-3-5-17-16(11-13)15(19(23)21-17)7-9-20-18(22)6-4-14-8-10-24-12-14/h3,5,8,10-12,15H,2,4,6-7,9H2,1H3,(H,20,22)(H,21,23). The summed E-state index contributed by atoms with van der Waals surface area (Å²) in [7, 11) is 0. The molecule has 1 atom stereocenters. The van der Waals surface area contributed by atoms with Gasteiger partial charge in [-0.05, 0) is 58.8 Å². The number of anilines is 1. The van der Waals surface area contributed by atoms with Crippen LogP contribution in [0, 0.1) is 0 Å². The van der Waals surface area contributed by atoms with Crippen LogP contribution in [0.3, 0.4) is 0 Å². The van der Waals surface area contributed by atoms with Crippen LogP contribution < -0.4 is 10.6 Å². The fourth-order valence-corrected chi connectivity index (χ4v) is 3.72. The van der Waals surface area contributed by atoms with Crippen LogP contribution in [0.15, 0.2) is 35.0 Å². The maximum atomic E-state index is 12.2. The smallest absolute Gasteiger partial charge is 0.232 e. The van der Waals surface area contributed by atoms with Crippen molar-refractivity contribution in [2.75, 3.05) is 11.9 Å². The third-order valence-electron chi connectivity index (χ3n) is 4.45. The molecule has 126 valence electrons. The van der Waals surface area contributed by atoms with Crippen molar-refractivity contribution in [3.8, 4) is 0 Å². The minimum atomic E-state index is -0.163. The first-order chi connectivity index (χ1) is 11.7. The van der Waals surface area contributed by atoms with Gasteiger partial charge in [-0.3, -0.25) is 9.59 Å². The van der Waals surface area contributed by atoms with Crippen molar-refractivity contribution in [2.45, 2.75) is 38.5 Å². The molecule has 0 bridgehead atoms. The number of aryl methyl sites for hydroxylation is 2. The van der Waals surface area contributed by atoms with E-state index >= 15 is 0 Å². The average Bonchev–Trinajstić information content (AvgIpc) is 3.20. The van der Waals surface area contributed by atoms with Crippen LogP contribution in [0.1, 0.15) is 42.4 Å². The quantitative estimate of drug-likeness (QED) is 0.809. The topological polar surface area (TPSA) is 58.2 Å². The molecule has 2 heterocycles. The summed E-state index contributed by atoms with van der Waals surface area (Å²) in [6, 6.07) is 8.18. The highest BCUT2D eigenvalue weighted by Gasteiger charge is 2.30. The minimum absolute atomic E-state index is 0.0331. The molecule has 0 saturated carbocycles. The van der Waals surface area contributed by atoms with Crippen LogP contribution in [-0.2, 0) is 22.4 Å². The number of hydrogen-bond acceptors (Lipinski definition) is 3. The average molecular weight is 342 g/mol. The van der Waals surface area contributed by atoms with E-state index in [1.54, 1.807) is 11.3 Å². The molecule has 5 heteroatoms. The van der Waals surface area contributed by atoms with Gasteiger partial charge in [0.15, 0.2) is 0 Å². The molecular weight excluding hydrogens is 320 g/mol. The molecule has 0 radical (unpaired) electrons. The first kappa shape index (κ1) is 16.7. The van der Waals surface area contributed by atoms with E-state index in [9.17, 15) is 9.59 Å². The lowest BCUT2D eigenvalue weighted by Gasteiger charge is -2.11. The van der Waals surface area contributed by atoms with Gasteiger partial charge >= 0.3 is 0 Å². The van der Waals surface area contributed by atoms with Gasteiger partial charge in [0.05, 0.1) is 5.92 Å². The monoisotopic (exact) mass is 342 g/mol. The van der Waals surface area contributed by atoms with Crippen molar-refractivity contribution in [2.24, 2.45) is 0 Å². The molecule has 24 heavy (non-hydrogen) atoms. The number of thiophene rings is 1. The Morgan fingerprint density at radius 2 is 2.17 bits per heavy atom. The lowest BCUT2D eigenvalue weighted by Crippen LogP contribution is -2.27. The second-order valence-corrected chi connectivity index (χ2v) is 6.87. The summed E-state index contributed by atoms with van der Waals surface area (Å²) in [5, 5.41) is 9.96. The van der Waals surface area contributed by atoms with E-state index in [2.05, 4.69) is 29.0 Å². The molecule has 0 saturated heterocycles. The number of carbonyl (C=O) groups excluding carboxylic acids is 2. The van der Waals surface area contributed by atoms with Crippen molar-refractivity contribution in [3.05, 3.63) is 51.7 Å². The summed E-state index contributed by atoms with van der Waals surface area (Å²) in [6.45, 7) is 2.63. The van der Waals surface area contributed by atoms with E-state index in [1.807, 2.05) is 23.6 Å². The largest absolute Gasteiger partial charge is 0.356 e. The van der Waals surface area contributed by atoms with E-state index in [0.717, 1.165) is 24.1 Å². The zero-order valence-corrected chi connectivity index (χ0v) is 14.6. The zero-order valence-electron chi connectivity index (χ0n) is 13.8. The Labute approximate surface area is 146 Å². The highest BCUT2D eigenvalue weighted by atomic mass is 32.1. The summed E-state index contributed by atoms with van der Waals surface area (Å²) >= 11 is 1.65. The van der Waals surface area contributed by atoms with Gasteiger partial charge in [0.2, 0.25) is 11.8 Å². The van der Waals surface area contributed by atoms with Crippen molar-refractivity contribution in [1.82, 2.24) is 5.32 Å². The van der Waals surface area contributed by atoms with Crippen molar-refractivity contribution < 1.29 is 9.59 Å². The summed E-state index contributed by atoms with van der Waals surface area (Å²) in [6.07, 6.45) is 2.84. The van der Waals surface area contributed by atoms with Crippen LogP contribution in [0.2, 0.25) is 0 Å². The summed E-state index contributed by atoms with van der Waals surface area (Å²) in [4.78, 5) is 24.1. The van der Waals surface area contributed by atoms with Crippen molar-refractivity contribution >= 4 is 28.8 Å². The Hall–Kier alpha value is -2.14. The fraction of sp³-hybridized carbons (Fsp3) is 0.368. The molecular formula is C19H22N2O2S. The van der Waals surface area contributed by atoms with Crippen molar-refractivity contribution in [1.29, 1.82) is 0 Å². The molecule has 2 aromatic rings. The third kappa shape index (κ3) is 3.85. The highest BCUT2D eigenvalue weighted by molar-refractivity contribution is 7.07. The predicted molar refractivity (Wildman–Crippen MR) is 97.5 cm³/mol. The lowest BCUT2D eigenvalue weighted by atomic mass is 9.95. The van der Waals surface area contributed by atoms with Gasteiger partial charge in [0, 0.05) is 18.7 Å². The molecule has 0 spiro atoms. The fourth-order valence-electron chi connectivity index (χ4n) is 3.02. The van der Waals surface area contributed by atoms with Gasteiger partial charge in [0.1, 0.15) is 0 Å². The normalized spacial score (nSPS) is 15.9. The molecule has 1 aromatic carbocycles. The van der Waals surface area contributed by atoms with Gasteiger partial charge in [0.25, 0.3) is 0 Å². The van der Waals surface area contributed by atoms with Gasteiger partial charge in [-0.25, -0.2) is 0 Å². The predicted octanol–water partition coefficient (Wildman–Crippen LogP) is 3.49. The van der Waals surface area contributed by atoms with Crippen LogP contribution >= 0.6 is 11.3 Å². The molecule has 1 unspecified atom stereocenters. The van der Waals surface area contributed by atoms with Crippen LogP contribution in [0.25, 0.3) is 0 Å². The highest BCUT2D eigenvalue weighted by Crippen LogP contribution is 2.35. The number of carbonyl (C=O) groups is 2. The Bertz CT molecular complexity index is 725. The molecule has 4 nitrogen and oxygen atoms in total. The Balaban J connectivity index is 1.50. The number of fused-ring (bicyclic) bond motifs is 1. The van der Waals surface area contributed by atoms with E-state index in [0.29, 0.717) is 19.4 Å². The lowest BCUT2D eigenvalue weighted by molar-refractivity contribution is -0.121. The van der Waals surface area contributed by atoms with Crippen LogP contribution in [0.4, 0.5) is 5.69 Å². The molecule has 2 amide bonds. The van der Waals surface area contributed by atoms with E-state index in [1.165, 1.54) is 11.1 Å². The summed E-state index contributed by atoms with van der Waals surface area (Å²) in [5.41, 5.74) is 4.40. The van der Waals surface area contributed by atoms with Crippen LogP contribution in [-0.4, -0.2) is 18.4 Å². The zero-order chi connectivity index (χ0) is 16.9. The van der Waals surface area contributed by atoms with Crippen molar-refractivity contribution in [3.63, 3.8) is 0 Å². The molecule has 0 fully saturated rings. The SMILES string of the molecule is CCc1ccc2c(c1)C(CCNC(=O)CCc1ccsc1)C(=O)N2. The molecule has 1 aromatic heterocycles. The first-order valence-corrected chi connectivity index (χ1v) is 9.33. The second-order valence-electron chi connectivity index (χ2n) is 6.09. The molecule has 0 aliphatic carbocycles. The first-order valence-electron chi connectivity index (χ1n) is 8.39. The minimum Gasteiger partial charge on any atom is -0.356 e. The van der Waals surface area contributed by atoms with Crippen LogP contribution in [0.5, 0.6) is 0 Å². The Morgan fingerprint density at radius 3 is 2.92 bits per heavy atom. The number of rotatable bonds is 7. The third-order valence-corrected chi connectivity index (χ3v) is 5.18. The molecule has 1 aliphatic rings.